The fourth-order valence-electron chi connectivity index (χ4n) is 1.95. The summed E-state index contributed by atoms with van der Waals surface area (Å²) in [5.41, 5.74) is 5.84. The first kappa shape index (κ1) is 12.1. The minimum absolute atomic E-state index is 0.0381. The zero-order valence-electron chi connectivity index (χ0n) is 10.3. The summed E-state index contributed by atoms with van der Waals surface area (Å²) in [4.78, 5) is 8.28. The number of aromatic nitrogens is 2. The Morgan fingerprint density at radius 1 is 1.47 bits per heavy atom. The van der Waals surface area contributed by atoms with Gasteiger partial charge in [-0.05, 0) is 25.7 Å². The molecule has 0 radical (unpaired) electrons. The fraction of sp³-hybridized carbons (Fsp3) is 0.667. The fourth-order valence-corrected chi connectivity index (χ4v) is 1.95. The van der Waals surface area contributed by atoms with E-state index in [-0.39, 0.29) is 5.54 Å². The van der Waals surface area contributed by atoms with Gasteiger partial charge >= 0.3 is 0 Å². The monoisotopic (exact) mass is 236 g/mol. The molecule has 1 heterocycles. The maximum atomic E-state index is 5.80. The van der Waals surface area contributed by atoms with Crippen LogP contribution in [0.3, 0.4) is 0 Å². The third kappa shape index (κ3) is 2.85. The van der Waals surface area contributed by atoms with Crippen molar-refractivity contribution < 1.29 is 4.74 Å². The molecule has 1 saturated carbocycles. The number of hydrogen-bond donors (Lipinski definition) is 2. The van der Waals surface area contributed by atoms with Gasteiger partial charge in [0.05, 0.1) is 12.1 Å². The van der Waals surface area contributed by atoms with Gasteiger partial charge in [0.1, 0.15) is 12.1 Å². The lowest BCUT2D eigenvalue weighted by Gasteiger charge is -2.42. The molecule has 1 aliphatic rings. The van der Waals surface area contributed by atoms with Crippen LogP contribution < -0.4 is 15.8 Å². The third-order valence-corrected chi connectivity index (χ3v) is 3.19. The average molecular weight is 236 g/mol. The van der Waals surface area contributed by atoms with Gasteiger partial charge in [0.15, 0.2) is 0 Å². The van der Waals surface area contributed by atoms with E-state index < -0.39 is 0 Å². The highest BCUT2D eigenvalue weighted by Gasteiger charge is 2.35. The van der Waals surface area contributed by atoms with Crippen molar-refractivity contribution in [2.75, 3.05) is 18.5 Å². The molecule has 3 N–H and O–H groups in total. The molecule has 0 aromatic carbocycles. The average Bonchev–Trinajstić information content (AvgIpc) is 2.32. The molecule has 0 aliphatic heterocycles. The summed E-state index contributed by atoms with van der Waals surface area (Å²) in [6.45, 7) is 3.39. The van der Waals surface area contributed by atoms with Crippen molar-refractivity contribution in [1.29, 1.82) is 0 Å². The van der Waals surface area contributed by atoms with E-state index >= 15 is 0 Å². The van der Waals surface area contributed by atoms with Crippen LogP contribution in [0.25, 0.3) is 0 Å². The molecule has 2 rings (SSSR count). The molecule has 1 aromatic heterocycles. The Morgan fingerprint density at radius 3 is 2.88 bits per heavy atom. The Kier molecular flexibility index (Phi) is 3.78. The Hall–Kier alpha value is -1.36. The van der Waals surface area contributed by atoms with Gasteiger partial charge in [-0.2, -0.15) is 0 Å². The predicted molar refractivity (Wildman–Crippen MR) is 67.1 cm³/mol. The summed E-state index contributed by atoms with van der Waals surface area (Å²) in [6, 6.07) is 1.84. The van der Waals surface area contributed by atoms with E-state index in [4.69, 9.17) is 10.5 Å². The standard InChI is InChI=1S/C12H20N4O/c1-2-6-17-11-7-10(14-9-15-11)16-12(8-13)4-3-5-12/h7,9H,2-6,8,13H2,1H3,(H,14,15,16). The van der Waals surface area contributed by atoms with E-state index in [9.17, 15) is 0 Å². The van der Waals surface area contributed by atoms with Gasteiger partial charge in [-0.1, -0.05) is 6.92 Å². The molecule has 1 aromatic rings. The first-order valence-corrected chi connectivity index (χ1v) is 6.21. The molecule has 0 saturated heterocycles. The first-order valence-electron chi connectivity index (χ1n) is 6.21. The van der Waals surface area contributed by atoms with Crippen molar-refractivity contribution >= 4 is 5.82 Å². The van der Waals surface area contributed by atoms with Crippen LogP contribution in [-0.4, -0.2) is 28.7 Å². The van der Waals surface area contributed by atoms with E-state index in [1.54, 1.807) is 0 Å². The smallest absolute Gasteiger partial charge is 0.218 e. The van der Waals surface area contributed by atoms with E-state index in [1.165, 1.54) is 12.7 Å². The molecule has 5 nitrogen and oxygen atoms in total. The lowest BCUT2D eigenvalue weighted by atomic mass is 9.77. The van der Waals surface area contributed by atoms with Gasteiger partial charge in [-0.25, -0.2) is 9.97 Å². The first-order chi connectivity index (χ1) is 8.28. The summed E-state index contributed by atoms with van der Waals surface area (Å²) in [5.74, 6) is 1.42. The summed E-state index contributed by atoms with van der Waals surface area (Å²) < 4.78 is 5.47. The highest BCUT2D eigenvalue weighted by atomic mass is 16.5. The molecule has 0 spiro atoms. The van der Waals surface area contributed by atoms with Crippen LogP contribution in [0.4, 0.5) is 5.82 Å². The topological polar surface area (TPSA) is 73.1 Å². The number of rotatable bonds is 6. The molecule has 5 heteroatoms. The molecule has 0 atom stereocenters. The zero-order chi connectivity index (χ0) is 12.1. The Bertz CT molecular complexity index is 360. The van der Waals surface area contributed by atoms with Crippen LogP contribution in [0.1, 0.15) is 32.6 Å². The number of nitrogens with two attached hydrogens (primary N) is 1. The van der Waals surface area contributed by atoms with Gasteiger partial charge < -0.3 is 15.8 Å². The normalized spacial score (nSPS) is 17.3. The quantitative estimate of drug-likeness (QED) is 0.784. The minimum Gasteiger partial charge on any atom is -0.478 e. The van der Waals surface area contributed by atoms with Gasteiger partial charge in [-0.15, -0.1) is 0 Å². The van der Waals surface area contributed by atoms with Crippen molar-refractivity contribution in [3.8, 4) is 5.88 Å². The molecule has 94 valence electrons. The second-order valence-corrected chi connectivity index (χ2v) is 4.55. The molecule has 0 amide bonds. The summed E-state index contributed by atoms with van der Waals surface area (Å²) in [5, 5.41) is 3.40. The van der Waals surface area contributed by atoms with Crippen molar-refractivity contribution in [3.63, 3.8) is 0 Å². The van der Waals surface area contributed by atoms with Gasteiger partial charge in [0, 0.05) is 12.6 Å². The number of nitrogens with one attached hydrogen (secondary N) is 1. The van der Waals surface area contributed by atoms with Crippen molar-refractivity contribution in [2.24, 2.45) is 5.73 Å². The van der Waals surface area contributed by atoms with Crippen LogP contribution in [-0.2, 0) is 0 Å². The largest absolute Gasteiger partial charge is 0.478 e. The second kappa shape index (κ2) is 5.31. The number of nitrogens with zero attached hydrogens (tertiary/aromatic N) is 2. The second-order valence-electron chi connectivity index (χ2n) is 4.55. The van der Waals surface area contributed by atoms with Crippen molar-refractivity contribution in [2.45, 2.75) is 38.1 Å². The highest BCUT2D eigenvalue weighted by Crippen LogP contribution is 2.34. The Morgan fingerprint density at radius 2 is 2.29 bits per heavy atom. The van der Waals surface area contributed by atoms with Crippen LogP contribution in [0.15, 0.2) is 12.4 Å². The number of hydrogen-bond acceptors (Lipinski definition) is 5. The number of anilines is 1. The van der Waals surface area contributed by atoms with Crippen molar-refractivity contribution in [3.05, 3.63) is 12.4 Å². The summed E-state index contributed by atoms with van der Waals surface area (Å²) in [6.07, 6.45) is 5.95. The molecular weight excluding hydrogens is 216 g/mol. The van der Waals surface area contributed by atoms with Crippen LogP contribution in [0, 0.1) is 0 Å². The maximum absolute atomic E-state index is 5.80. The van der Waals surface area contributed by atoms with E-state index in [2.05, 4.69) is 22.2 Å². The van der Waals surface area contributed by atoms with Crippen LogP contribution >= 0.6 is 0 Å². The Balaban J connectivity index is 2.00. The van der Waals surface area contributed by atoms with Gasteiger partial charge in [0.2, 0.25) is 5.88 Å². The maximum Gasteiger partial charge on any atom is 0.218 e. The van der Waals surface area contributed by atoms with Crippen LogP contribution in [0.5, 0.6) is 5.88 Å². The van der Waals surface area contributed by atoms with Gasteiger partial charge in [-0.3, -0.25) is 0 Å². The van der Waals surface area contributed by atoms with E-state index in [0.717, 1.165) is 25.1 Å². The van der Waals surface area contributed by atoms with Gasteiger partial charge in [0.25, 0.3) is 0 Å². The van der Waals surface area contributed by atoms with E-state index in [0.29, 0.717) is 19.0 Å². The van der Waals surface area contributed by atoms with Crippen molar-refractivity contribution in [1.82, 2.24) is 9.97 Å². The lowest BCUT2D eigenvalue weighted by molar-refractivity contribution is 0.285. The van der Waals surface area contributed by atoms with Crippen LogP contribution in [0.2, 0.25) is 0 Å². The molecule has 0 bridgehead atoms. The minimum atomic E-state index is 0.0381. The van der Waals surface area contributed by atoms with E-state index in [1.807, 2.05) is 6.07 Å². The SMILES string of the molecule is CCCOc1cc(NC2(CN)CCC2)ncn1. The molecule has 0 unspecified atom stereocenters. The molecule has 17 heavy (non-hydrogen) atoms. The molecule has 1 fully saturated rings. The molecular formula is C12H20N4O. The predicted octanol–water partition coefficient (Wildman–Crippen LogP) is 1.56. The zero-order valence-corrected chi connectivity index (χ0v) is 10.3. The summed E-state index contributed by atoms with van der Waals surface area (Å²) in [7, 11) is 0. The lowest BCUT2D eigenvalue weighted by Crippen LogP contribution is -2.51. The Labute approximate surface area is 102 Å². The third-order valence-electron chi connectivity index (χ3n) is 3.19. The number of ether oxygens (including phenoxy) is 1. The summed E-state index contributed by atoms with van der Waals surface area (Å²) >= 11 is 0. The molecule has 1 aliphatic carbocycles. The highest BCUT2D eigenvalue weighted by molar-refractivity contribution is 5.41.